The summed E-state index contributed by atoms with van der Waals surface area (Å²) in [4.78, 5) is 0. The molecule has 1 nitrogen and oxygen atoms in total. The standard InChI is InChI=1S/C9H14F4O/c10-8(11)7(14)5-6-3-1-2-4-9(6,12)13/h6-8,14H,1-5H2. The Morgan fingerprint density at radius 1 is 1.29 bits per heavy atom. The van der Waals surface area contributed by atoms with Crippen LogP contribution in [0.3, 0.4) is 0 Å². The van der Waals surface area contributed by atoms with Crippen molar-refractivity contribution in [3.05, 3.63) is 0 Å². The van der Waals surface area contributed by atoms with Crippen LogP contribution in [0.25, 0.3) is 0 Å². The molecule has 0 bridgehead atoms. The van der Waals surface area contributed by atoms with Gasteiger partial charge in [0, 0.05) is 12.3 Å². The topological polar surface area (TPSA) is 20.2 Å². The minimum atomic E-state index is -2.92. The van der Waals surface area contributed by atoms with Crippen molar-refractivity contribution < 1.29 is 22.7 Å². The molecule has 0 spiro atoms. The largest absolute Gasteiger partial charge is 0.387 e. The van der Waals surface area contributed by atoms with Crippen molar-refractivity contribution >= 4 is 0 Å². The number of halogens is 4. The maximum atomic E-state index is 13.1. The van der Waals surface area contributed by atoms with Crippen LogP contribution in [0.2, 0.25) is 0 Å². The Labute approximate surface area is 80.1 Å². The van der Waals surface area contributed by atoms with E-state index in [9.17, 15) is 17.6 Å². The van der Waals surface area contributed by atoms with Gasteiger partial charge in [-0.2, -0.15) is 0 Å². The van der Waals surface area contributed by atoms with Crippen molar-refractivity contribution in [3.8, 4) is 0 Å². The van der Waals surface area contributed by atoms with Gasteiger partial charge >= 0.3 is 0 Å². The molecule has 0 amide bonds. The lowest BCUT2D eigenvalue weighted by molar-refractivity contribution is -0.112. The Balaban J connectivity index is 2.49. The first kappa shape index (κ1) is 11.8. The Morgan fingerprint density at radius 2 is 1.93 bits per heavy atom. The molecule has 0 saturated heterocycles. The first-order chi connectivity index (χ1) is 6.43. The molecule has 0 aromatic rings. The average molecular weight is 214 g/mol. The van der Waals surface area contributed by atoms with E-state index >= 15 is 0 Å². The highest BCUT2D eigenvalue weighted by Crippen LogP contribution is 2.41. The van der Waals surface area contributed by atoms with Gasteiger partial charge in [-0.25, -0.2) is 17.6 Å². The Kier molecular flexibility index (Phi) is 3.75. The summed E-state index contributed by atoms with van der Waals surface area (Å²) < 4.78 is 50.2. The monoisotopic (exact) mass is 214 g/mol. The predicted octanol–water partition coefficient (Wildman–Crippen LogP) is 2.83. The molecule has 1 saturated carbocycles. The number of alkyl halides is 4. The van der Waals surface area contributed by atoms with Crippen molar-refractivity contribution in [2.24, 2.45) is 5.92 Å². The number of hydrogen-bond donors (Lipinski definition) is 1. The van der Waals surface area contributed by atoms with Gasteiger partial charge in [0.05, 0.1) is 0 Å². The smallest absolute Gasteiger partial charge is 0.264 e. The fourth-order valence-electron chi connectivity index (χ4n) is 1.85. The summed E-state index contributed by atoms with van der Waals surface area (Å²) >= 11 is 0. The third-order valence-corrected chi connectivity index (χ3v) is 2.73. The molecule has 1 N–H and O–H groups in total. The Hall–Kier alpha value is -0.320. The molecule has 0 heterocycles. The zero-order valence-corrected chi connectivity index (χ0v) is 7.73. The summed E-state index contributed by atoms with van der Waals surface area (Å²) in [5, 5.41) is 8.83. The molecule has 2 atom stereocenters. The second kappa shape index (κ2) is 4.47. The highest BCUT2D eigenvalue weighted by molar-refractivity contribution is 4.83. The minimum absolute atomic E-state index is 0.233. The van der Waals surface area contributed by atoms with E-state index in [1.54, 1.807) is 0 Å². The maximum Gasteiger partial charge on any atom is 0.264 e. The third kappa shape index (κ3) is 2.83. The number of hydrogen-bond acceptors (Lipinski definition) is 1. The molecular weight excluding hydrogens is 200 g/mol. The normalized spacial score (nSPS) is 29.1. The van der Waals surface area contributed by atoms with Crippen LogP contribution < -0.4 is 0 Å². The molecular formula is C9H14F4O. The lowest BCUT2D eigenvalue weighted by Gasteiger charge is -2.32. The maximum absolute atomic E-state index is 13.1. The van der Waals surface area contributed by atoms with E-state index in [1.165, 1.54) is 0 Å². The minimum Gasteiger partial charge on any atom is -0.387 e. The molecule has 5 heteroatoms. The SMILES string of the molecule is OC(CC1CCCCC1(F)F)C(F)F. The first-order valence-electron chi connectivity index (χ1n) is 4.77. The third-order valence-electron chi connectivity index (χ3n) is 2.73. The summed E-state index contributed by atoms with van der Waals surface area (Å²) in [7, 11) is 0. The fraction of sp³-hybridized carbons (Fsp3) is 1.00. The van der Waals surface area contributed by atoms with Crippen LogP contribution in [0.1, 0.15) is 32.1 Å². The van der Waals surface area contributed by atoms with Gasteiger partial charge in [-0.3, -0.25) is 0 Å². The van der Waals surface area contributed by atoms with Crippen molar-refractivity contribution in [1.29, 1.82) is 0 Å². The molecule has 1 aliphatic rings. The second-order valence-corrected chi connectivity index (χ2v) is 3.84. The number of aliphatic hydroxyl groups is 1. The Morgan fingerprint density at radius 3 is 2.43 bits per heavy atom. The van der Waals surface area contributed by atoms with Crippen molar-refractivity contribution in [2.75, 3.05) is 0 Å². The van der Waals surface area contributed by atoms with Gasteiger partial charge in [0.15, 0.2) is 0 Å². The summed E-state index contributed by atoms with van der Waals surface area (Å²) in [6.07, 6.45) is -4.27. The summed E-state index contributed by atoms with van der Waals surface area (Å²) in [6, 6.07) is 0. The first-order valence-corrected chi connectivity index (χ1v) is 4.77. The lowest BCUT2D eigenvalue weighted by Crippen LogP contribution is -2.35. The van der Waals surface area contributed by atoms with Crippen LogP contribution in [-0.4, -0.2) is 23.6 Å². The van der Waals surface area contributed by atoms with Crippen LogP contribution in [0.4, 0.5) is 17.6 Å². The van der Waals surface area contributed by atoms with Gasteiger partial charge in [0.1, 0.15) is 6.10 Å². The van der Waals surface area contributed by atoms with Gasteiger partial charge in [-0.15, -0.1) is 0 Å². The molecule has 84 valence electrons. The van der Waals surface area contributed by atoms with E-state index in [-0.39, 0.29) is 12.8 Å². The van der Waals surface area contributed by atoms with Crippen LogP contribution in [0, 0.1) is 5.92 Å². The van der Waals surface area contributed by atoms with Gasteiger partial charge in [-0.05, 0) is 19.3 Å². The average Bonchev–Trinajstić information content (AvgIpc) is 2.08. The van der Waals surface area contributed by atoms with Crippen molar-refractivity contribution in [3.63, 3.8) is 0 Å². The molecule has 1 rings (SSSR count). The van der Waals surface area contributed by atoms with E-state index < -0.39 is 30.8 Å². The van der Waals surface area contributed by atoms with Crippen LogP contribution >= 0.6 is 0 Å². The molecule has 1 fully saturated rings. The molecule has 0 aromatic heterocycles. The van der Waals surface area contributed by atoms with E-state index in [4.69, 9.17) is 5.11 Å². The molecule has 2 unspecified atom stereocenters. The quantitative estimate of drug-likeness (QED) is 0.716. The van der Waals surface area contributed by atoms with Crippen molar-refractivity contribution in [1.82, 2.24) is 0 Å². The zero-order chi connectivity index (χ0) is 10.8. The van der Waals surface area contributed by atoms with Crippen LogP contribution in [-0.2, 0) is 0 Å². The van der Waals surface area contributed by atoms with Crippen molar-refractivity contribution in [2.45, 2.75) is 50.6 Å². The van der Waals surface area contributed by atoms with E-state index in [1.807, 2.05) is 0 Å². The fourth-order valence-corrected chi connectivity index (χ4v) is 1.85. The highest BCUT2D eigenvalue weighted by Gasteiger charge is 2.42. The second-order valence-electron chi connectivity index (χ2n) is 3.84. The van der Waals surface area contributed by atoms with Gasteiger partial charge in [-0.1, -0.05) is 6.42 Å². The highest BCUT2D eigenvalue weighted by atomic mass is 19.3. The number of rotatable bonds is 3. The number of aliphatic hydroxyl groups excluding tert-OH is 1. The van der Waals surface area contributed by atoms with E-state index in [0.29, 0.717) is 12.8 Å². The molecule has 0 radical (unpaired) electrons. The Bertz CT molecular complexity index is 184. The summed E-state index contributed by atoms with van der Waals surface area (Å²) in [5.41, 5.74) is 0. The van der Waals surface area contributed by atoms with Gasteiger partial charge < -0.3 is 5.11 Å². The molecule has 14 heavy (non-hydrogen) atoms. The molecule has 0 aliphatic heterocycles. The molecule has 1 aliphatic carbocycles. The summed E-state index contributed by atoms with van der Waals surface area (Å²) in [5.74, 6) is -3.96. The van der Waals surface area contributed by atoms with Crippen LogP contribution in [0.5, 0.6) is 0 Å². The lowest BCUT2D eigenvalue weighted by atomic mass is 9.82. The predicted molar refractivity (Wildman–Crippen MR) is 43.5 cm³/mol. The van der Waals surface area contributed by atoms with E-state index in [2.05, 4.69) is 0 Å². The van der Waals surface area contributed by atoms with E-state index in [0.717, 1.165) is 0 Å². The zero-order valence-electron chi connectivity index (χ0n) is 7.73. The van der Waals surface area contributed by atoms with Gasteiger partial charge in [0.2, 0.25) is 0 Å². The molecule has 0 aromatic carbocycles. The summed E-state index contributed by atoms with van der Waals surface area (Å²) in [6.45, 7) is 0. The van der Waals surface area contributed by atoms with Crippen LogP contribution in [0.15, 0.2) is 0 Å². The van der Waals surface area contributed by atoms with Gasteiger partial charge in [0.25, 0.3) is 12.3 Å².